The molecule has 10 nitrogen and oxygen atoms in total. The number of fused-ring (bicyclic) bond motifs is 2. The van der Waals surface area contributed by atoms with Crippen LogP contribution in [0.3, 0.4) is 0 Å². The van der Waals surface area contributed by atoms with Gasteiger partial charge in [0.05, 0.1) is 36.3 Å². The molecule has 1 atom stereocenters. The maximum Gasteiger partial charge on any atom is 0.306 e. The van der Waals surface area contributed by atoms with Crippen molar-refractivity contribution in [1.82, 2.24) is 0 Å². The van der Waals surface area contributed by atoms with Gasteiger partial charge in [-0.25, -0.2) is 8.78 Å². The van der Waals surface area contributed by atoms with Crippen LogP contribution in [-0.4, -0.2) is 61.2 Å². The highest BCUT2D eigenvalue weighted by atomic mass is 32.1. The summed E-state index contributed by atoms with van der Waals surface area (Å²) in [7, 11) is 2.63. The molecule has 228 valence electrons. The Morgan fingerprint density at radius 3 is 1.65 bits per heavy atom. The number of rotatable bonds is 15. The average Bonchev–Trinajstić information content (AvgIpc) is 3.60. The number of methoxy groups -OCH3 is 2. The van der Waals surface area contributed by atoms with E-state index >= 15 is 8.78 Å². The maximum atomic E-state index is 15.5. The lowest BCUT2D eigenvalue weighted by Gasteiger charge is -2.14. The van der Waals surface area contributed by atoms with Gasteiger partial charge in [0.15, 0.2) is 46.2 Å². The van der Waals surface area contributed by atoms with Crippen LogP contribution in [0.4, 0.5) is 8.78 Å². The molecule has 43 heavy (non-hydrogen) atoms. The summed E-state index contributed by atoms with van der Waals surface area (Å²) < 4.78 is 53.4. The van der Waals surface area contributed by atoms with Gasteiger partial charge in [0.25, 0.3) is 0 Å². The van der Waals surface area contributed by atoms with E-state index < -0.39 is 41.1 Å². The number of carboxylic acids is 2. The number of carbonyl (C=O) groups excluding carboxylic acids is 2. The number of ketones is 2. The molecule has 4 rings (SSSR count). The van der Waals surface area contributed by atoms with Crippen molar-refractivity contribution < 1.29 is 57.1 Å². The van der Waals surface area contributed by atoms with E-state index in [2.05, 4.69) is 0 Å². The van der Waals surface area contributed by atoms with E-state index in [0.717, 1.165) is 22.7 Å². The zero-order valence-corrected chi connectivity index (χ0v) is 24.8. The van der Waals surface area contributed by atoms with Gasteiger partial charge >= 0.3 is 11.9 Å². The predicted octanol–water partition coefficient (Wildman–Crippen LogP) is 6.21. The lowest BCUT2D eigenvalue weighted by molar-refractivity contribution is -0.141. The largest absolute Gasteiger partial charge is 0.493 e. The number of carboxylic acid groups (broad SMARTS) is 2. The molecule has 0 aliphatic rings. The van der Waals surface area contributed by atoms with E-state index in [-0.39, 0.29) is 76.0 Å². The summed E-state index contributed by atoms with van der Waals surface area (Å²) in [5, 5.41) is 18.1. The van der Waals surface area contributed by atoms with Gasteiger partial charge in [0, 0.05) is 45.1 Å². The molecule has 0 aliphatic heterocycles. The molecule has 0 saturated carbocycles. The molecule has 0 spiro atoms. The highest BCUT2D eigenvalue weighted by Crippen LogP contribution is 2.42. The number of aliphatic carboxylic acids is 2. The molecule has 0 saturated heterocycles. The van der Waals surface area contributed by atoms with E-state index in [1.807, 2.05) is 0 Å². The number of benzene rings is 2. The monoisotopic (exact) mass is 636 g/mol. The number of carbonyl (C=O) groups is 4. The first kappa shape index (κ1) is 31.6. The Balaban J connectivity index is 1.50. The fourth-order valence-corrected chi connectivity index (χ4v) is 6.23. The van der Waals surface area contributed by atoms with Crippen molar-refractivity contribution >= 4 is 66.4 Å². The third-order valence-corrected chi connectivity index (χ3v) is 8.66. The topological polar surface area (TPSA) is 146 Å². The maximum absolute atomic E-state index is 15.5. The van der Waals surface area contributed by atoms with E-state index in [0.29, 0.717) is 9.40 Å². The number of thiophene rings is 2. The zero-order chi connectivity index (χ0) is 31.4. The van der Waals surface area contributed by atoms with Gasteiger partial charge in [-0.15, -0.1) is 22.7 Å². The Labute approximate surface area is 251 Å². The van der Waals surface area contributed by atoms with Gasteiger partial charge in [0.2, 0.25) is 0 Å². The summed E-state index contributed by atoms with van der Waals surface area (Å²) in [6.45, 7) is 0.927. The third-order valence-electron chi connectivity index (χ3n) is 6.41. The predicted molar refractivity (Wildman–Crippen MR) is 155 cm³/mol. The lowest BCUT2D eigenvalue weighted by Crippen LogP contribution is -2.14. The van der Waals surface area contributed by atoms with Crippen molar-refractivity contribution in [3.05, 3.63) is 45.7 Å². The second-order valence-electron chi connectivity index (χ2n) is 9.37. The Morgan fingerprint density at radius 1 is 0.767 bits per heavy atom. The molecule has 0 fully saturated rings. The molecule has 0 unspecified atom stereocenters. The molecule has 0 aliphatic carbocycles. The molecular weight excluding hydrogens is 610 g/mol. The van der Waals surface area contributed by atoms with Crippen LogP contribution in [0.15, 0.2) is 24.3 Å². The van der Waals surface area contributed by atoms with Gasteiger partial charge in [-0.3, -0.25) is 19.2 Å². The molecular formula is C29H26F2O10S2. The Hall–Kier alpha value is -4.30. The van der Waals surface area contributed by atoms with E-state index in [1.165, 1.54) is 45.4 Å². The van der Waals surface area contributed by atoms with E-state index in [1.54, 1.807) is 0 Å². The van der Waals surface area contributed by atoms with Crippen molar-refractivity contribution in [2.24, 2.45) is 5.92 Å². The summed E-state index contributed by atoms with van der Waals surface area (Å²) in [4.78, 5) is 47.2. The van der Waals surface area contributed by atoms with Crippen molar-refractivity contribution in [1.29, 1.82) is 0 Å². The van der Waals surface area contributed by atoms with Gasteiger partial charge in [0.1, 0.15) is 13.2 Å². The highest BCUT2D eigenvalue weighted by Gasteiger charge is 2.24. The van der Waals surface area contributed by atoms with Crippen LogP contribution in [0.2, 0.25) is 0 Å². The number of Topliss-reactive ketones (excluding diaryl/α,β-unsaturated/α-hetero) is 2. The van der Waals surface area contributed by atoms with Crippen molar-refractivity contribution in [2.75, 3.05) is 27.4 Å². The summed E-state index contributed by atoms with van der Waals surface area (Å²) in [5.74, 6) is -5.96. The molecule has 4 aromatic rings. The van der Waals surface area contributed by atoms with Crippen molar-refractivity contribution in [2.45, 2.75) is 26.2 Å². The highest BCUT2D eigenvalue weighted by molar-refractivity contribution is 7.21. The molecule has 14 heteroatoms. The van der Waals surface area contributed by atoms with Crippen LogP contribution in [0, 0.1) is 17.6 Å². The molecule has 2 N–H and O–H groups in total. The van der Waals surface area contributed by atoms with Crippen LogP contribution in [0.25, 0.3) is 20.2 Å². The Morgan fingerprint density at radius 2 is 1.23 bits per heavy atom. The quantitative estimate of drug-likeness (QED) is 0.114. The van der Waals surface area contributed by atoms with Gasteiger partial charge in [-0.2, -0.15) is 0 Å². The Bertz CT molecular complexity index is 1730. The van der Waals surface area contributed by atoms with E-state index in [4.69, 9.17) is 29.2 Å². The van der Waals surface area contributed by atoms with Crippen LogP contribution in [0.5, 0.6) is 23.0 Å². The van der Waals surface area contributed by atoms with Crippen LogP contribution in [-0.2, 0) is 9.59 Å². The summed E-state index contributed by atoms with van der Waals surface area (Å²) in [5.41, 5.74) is 0. The second-order valence-corrected chi connectivity index (χ2v) is 11.5. The lowest BCUT2D eigenvalue weighted by atomic mass is 10.0. The van der Waals surface area contributed by atoms with Gasteiger partial charge < -0.3 is 29.2 Å². The number of hydrogen-bond acceptors (Lipinski definition) is 10. The minimum absolute atomic E-state index is 0.0494. The summed E-state index contributed by atoms with van der Waals surface area (Å²) >= 11 is 2.01. The van der Waals surface area contributed by atoms with Gasteiger partial charge in [-0.1, -0.05) is 6.92 Å². The molecule has 0 amide bonds. The molecule has 2 heterocycles. The average molecular weight is 637 g/mol. The second kappa shape index (κ2) is 13.3. The zero-order valence-electron chi connectivity index (χ0n) is 23.2. The van der Waals surface area contributed by atoms with Crippen LogP contribution >= 0.6 is 22.7 Å². The molecule has 2 aromatic carbocycles. The van der Waals surface area contributed by atoms with Crippen LogP contribution in [0.1, 0.15) is 45.5 Å². The normalized spacial score (nSPS) is 11.8. The minimum atomic E-state index is -1.12. The SMILES string of the molecule is COc1cc2sc(C(=O)CCC(=O)O)cc2c(F)c1OCCOc1c(OC)cc2sc(C(=O)C[C@H](C)C(=O)O)cc2c1F. The minimum Gasteiger partial charge on any atom is -0.493 e. The van der Waals surface area contributed by atoms with E-state index in [9.17, 15) is 19.2 Å². The van der Waals surface area contributed by atoms with Crippen molar-refractivity contribution in [3.63, 3.8) is 0 Å². The molecule has 2 aromatic heterocycles. The van der Waals surface area contributed by atoms with Crippen molar-refractivity contribution in [3.8, 4) is 23.0 Å². The smallest absolute Gasteiger partial charge is 0.306 e. The number of ether oxygens (including phenoxy) is 4. The fourth-order valence-electron chi connectivity index (χ4n) is 4.14. The summed E-state index contributed by atoms with van der Waals surface area (Å²) in [6, 6.07) is 5.67. The molecule has 0 radical (unpaired) electrons. The van der Waals surface area contributed by atoms with Crippen LogP contribution < -0.4 is 18.9 Å². The summed E-state index contributed by atoms with van der Waals surface area (Å²) in [6.07, 6.45) is -0.801. The standard InChI is InChI=1S/C29H26F2O10S2/c1-13(29(36)37)8-17(33)23-10-15-21(43-23)12-19(39-3)28(26(15)31)41-7-6-40-27-18(38-2)11-20-14(25(27)30)9-22(42-20)16(32)4-5-24(34)35/h9-13H,4-8H2,1-3H3,(H,34,35)(H,36,37)/t13-/m0/s1. The Kier molecular flexibility index (Phi) is 9.81. The third kappa shape index (κ3) is 6.86. The number of hydrogen-bond donors (Lipinski definition) is 2. The first-order valence-corrected chi connectivity index (χ1v) is 14.4. The number of halogens is 2. The van der Waals surface area contributed by atoms with Gasteiger partial charge in [-0.05, 0) is 12.1 Å². The fraction of sp³-hybridized carbons (Fsp3) is 0.310. The first-order valence-electron chi connectivity index (χ1n) is 12.8. The molecule has 0 bridgehead atoms. The first-order chi connectivity index (χ1) is 20.4.